The van der Waals surface area contributed by atoms with Crippen molar-refractivity contribution in [2.75, 3.05) is 56.1 Å². The molecule has 3 N–H and O–H groups in total. The molecule has 43 heavy (non-hydrogen) atoms. The fraction of sp³-hybridized carbons (Fsp3) is 0.419. The lowest BCUT2D eigenvalue weighted by Crippen LogP contribution is -2.50. The highest BCUT2D eigenvalue weighted by molar-refractivity contribution is 5.91. The summed E-state index contributed by atoms with van der Waals surface area (Å²) in [5, 5.41) is 14.7. The highest BCUT2D eigenvalue weighted by Gasteiger charge is 2.34. The standard InChI is InChI=1S/C31H38N6O6/c1-2-41-28(39)19-34-31(40)35-25-10-8-24(9-11-25)29-42-26(18-27(43-29)23-6-4-22(21-38)5-7-23)20-36-14-16-37(17-15-36)30-32-12-3-13-33-30/h3-13,26-27,29,38H,2,14-21H2,1H3,(H2,34,35,40)/t26-,27+,29+/m0/s1. The molecule has 0 bridgehead atoms. The monoisotopic (exact) mass is 590 g/mol. The third-order valence-corrected chi connectivity index (χ3v) is 7.42. The largest absolute Gasteiger partial charge is 0.465 e. The molecule has 2 aliphatic rings. The first-order chi connectivity index (χ1) is 21.0. The van der Waals surface area contributed by atoms with Gasteiger partial charge in [0.25, 0.3) is 0 Å². The SMILES string of the molecule is CCOC(=O)CNC(=O)Nc1ccc([C@@H]2O[C@H](CN3CCN(c4ncccn4)CC3)C[C@H](c3ccc(CO)cc3)O2)cc1. The number of rotatable bonds is 10. The van der Waals surface area contributed by atoms with Gasteiger partial charge in [0.15, 0.2) is 6.29 Å². The average Bonchev–Trinajstić information content (AvgIpc) is 3.05. The van der Waals surface area contributed by atoms with Gasteiger partial charge in [0.1, 0.15) is 6.54 Å². The van der Waals surface area contributed by atoms with E-state index in [4.69, 9.17) is 14.2 Å². The minimum Gasteiger partial charge on any atom is -0.465 e. The van der Waals surface area contributed by atoms with E-state index in [1.165, 1.54) is 0 Å². The fourth-order valence-electron chi connectivity index (χ4n) is 5.17. The number of carbonyl (C=O) groups excluding carboxylic acids is 2. The van der Waals surface area contributed by atoms with Crippen molar-refractivity contribution in [2.24, 2.45) is 0 Å². The summed E-state index contributed by atoms with van der Waals surface area (Å²) in [6, 6.07) is 16.4. The van der Waals surface area contributed by atoms with Gasteiger partial charge in [0, 0.05) is 62.8 Å². The Hall–Kier alpha value is -4.10. The smallest absolute Gasteiger partial charge is 0.325 e. The lowest BCUT2D eigenvalue weighted by atomic mass is 9.99. The Kier molecular flexibility index (Phi) is 10.5. The van der Waals surface area contributed by atoms with E-state index in [2.05, 4.69) is 30.4 Å². The number of nitrogens with zero attached hydrogens (tertiary/aromatic N) is 4. The molecule has 12 heteroatoms. The fourth-order valence-corrected chi connectivity index (χ4v) is 5.17. The first-order valence-corrected chi connectivity index (χ1v) is 14.6. The number of hydrogen-bond acceptors (Lipinski definition) is 10. The molecule has 0 radical (unpaired) electrons. The molecule has 5 rings (SSSR count). The van der Waals surface area contributed by atoms with Crippen LogP contribution in [0.1, 0.15) is 42.4 Å². The number of aliphatic hydroxyl groups excluding tert-OH is 1. The topological polar surface area (TPSA) is 138 Å². The van der Waals surface area contributed by atoms with Crippen LogP contribution < -0.4 is 15.5 Å². The number of aromatic nitrogens is 2. The molecular formula is C31H38N6O6. The lowest BCUT2D eigenvalue weighted by molar-refractivity contribution is -0.253. The molecule has 1 aromatic heterocycles. The van der Waals surface area contributed by atoms with Gasteiger partial charge >= 0.3 is 12.0 Å². The van der Waals surface area contributed by atoms with Crippen molar-refractivity contribution in [3.8, 4) is 0 Å². The van der Waals surface area contributed by atoms with Crippen LogP contribution in [-0.4, -0.2) is 84.0 Å². The van der Waals surface area contributed by atoms with Crippen molar-refractivity contribution in [1.82, 2.24) is 20.2 Å². The number of piperazine rings is 1. The van der Waals surface area contributed by atoms with Crippen LogP contribution in [0.4, 0.5) is 16.4 Å². The maximum Gasteiger partial charge on any atom is 0.325 e. The maximum atomic E-state index is 12.2. The number of ether oxygens (including phenoxy) is 3. The number of aliphatic hydroxyl groups is 1. The summed E-state index contributed by atoms with van der Waals surface area (Å²) in [4.78, 5) is 37.0. The Labute approximate surface area is 251 Å². The van der Waals surface area contributed by atoms with Crippen molar-refractivity contribution in [3.05, 3.63) is 83.7 Å². The second-order valence-corrected chi connectivity index (χ2v) is 10.4. The van der Waals surface area contributed by atoms with E-state index in [0.29, 0.717) is 12.1 Å². The zero-order chi connectivity index (χ0) is 30.0. The van der Waals surface area contributed by atoms with Crippen LogP contribution in [0.25, 0.3) is 0 Å². The summed E-state index contributed by atoms with van der Waals surface area (Å²) in [5.41, 5.74) is 3.26. The number of esters is 1. The molecule has 228 valence electrons. The molecule has 2 saturated heterocycles. The van der Waals surface area contributed by atoms with Crippen molar-refractivity contribution < 1.29 is 28.9 Å². The summed E-state index contributed by atoms with van der Waals surface area (Å²) in [6.07, 6.45) is 3.35. The molecule has 0 aliphatic carbocycles. The molecule has 2 amide bonds. The van der Waals surface area contributed by atoms with Crippen LogP contribution in [0, 0.1) is 0 Å². The number of nitrogens with one attached hydrogen (secondary N) is 2. The van der Waals surface area contributed by atoms with Gasteiger partial charge in [0.2, 0.25) is 5.95 Å². The molecule has 0 spiro atoms. The summed E-state index contributed by atoms with van der Waals surface area (Å²) >= 11 is 0. The van der Waals surface area contributed by atoms with Crippen LogP contribution in [0.3, 0.4) is 0 Å². The van der Waals surface area contributed by atoms with Crippen LogP contribution >= 0.6 is 0 Å². The van der Waals surface area contributed by atoms with Crippen molar-refractivity contribution >= 4 is 23.6 Å². The van der Waals surface area contributed by atoms with E-state index in [9.17, 15) is 14.7 Å². The van der Waals surface area contributed by atoms with Gasteiger partial charge in [-0.15, -0.1) is 0 Å². The zero-order valence-corrected chi connectivity index (χ0v) is 24.2. The maximum absolute atomic E-state index is 12.2. The first kappa shape index (κ1) is 30.4. The molecular weight excluding hydrogens is 552 g/mol. The van der Waals surface area contributed by atoms with Crippen LogP contribution in [-0.2, 0) is 25.6 Å². The summed E-state index contributed by atoms with van der Waals surface area (Å²) in [6.45, 7) is 5.92. The van der Waals surface area contributed by atoms with Gasteiger partial charge in [-0.1, -0.05) is 36.4 Å². The molecule has 3 aromatic rings. The van der Waals surface area contributed by atoms with Crippen molar-refractivity contribution in [2.45, 2.75) is 38.4 Å². The molecule has 3 heterocycles. The molecule has 0 unspecified atom stereocenters. The Morgan fingerprint density at radius 2 is 1.67 bits per heavy atom. The molecule has 12 nitrogen and oxygen atoms in total. The Bertz CT molecular complexity index is 1320. The van der Waals surface area contributed by atoms with E-state index in [-0.39, 0.29) is 32.0 Å². The van der Waals surface area contributed by atoms with Gasteiger partial charge < -0.3 is 34.9 Å². The van der Waals surface area contributed by atoms with Crippen molar-refractivity contribution in [3.63, 3.8) is 0 Å². The third-order valence-electron chi connectivity index (χ3n) is 7.42. The second kappa shape index (κ2) is 14.9. The Balaban J connectivity index is 1.23. The Morgan fingerprint density at radius 3 is 2.35 bits per heavy atom. The average molecular weight is 591 g/mol. The predicted octanol–water partition coefficient (Wildman–Crippen LogP) is 3.02. The zero-order valence-electron chi connectivity index (χ0n) is 24.2. The summed E-state index contributed by atoms with van der Waals surface area (Å²) in [7, 11) is 0. The number of urea groups is 1. The number of carbonyl (C=O) groups is 2. The van der Waals surface area contributed by atoms with E-state index in [1.54, 1.807) is 31.5 Å². The summed E-state index contributed by atoms with van der Waals surface area (Å²) in [5.74, 6) is 0.257. The first-order valence-electron chi connectivity index (χ1n) is 14.6. The second-order valence-electron chi connectivity index (χ2n) is 10.4. The summed E-state index contributed by atoms with van der Waals surface area (Å²) < 4.78 is 17.8. The number of amides is 2. The lowest BCUT2D eigenvalue weighted by Gasteiger charge is -2.40. The minimum atomic E-state index is -0.605. The highest BCUT2D eigenvalue weighted by Crippen LogP contribution is 2.38. The molecule has 2 fully saturated rings. The number of anilines is 2. The van der Waals surface area contributed by atoms with E-state index in [0.717, 1.165) is 55.4 Å². The van der Waals surface area contributed by atoms with Crippen LogP contribution in [0.2, 0.25) is 0 Å². The normalized spacial score (nSPS) is 20.8. The molecule has 0 saturated carbocycles. The van der Waals surface area contributed by atoms with Crippen LogP contribution in [0.15, 0.2) is 67.0 Å². The predicted molar refractivity (Wildman–Crippen MR) is 159 cm³/mol. The minimum absolute atomic E-state index is 0.0125. The van der Waals surface area contributed by atoms with Gasteiger partial charge in [-0.2, -0.15) is 0 Å². The van der Waals surface area contributed by atoms with E-state index in [1.807, 2.05) is 42.5 Å². The number of hydrogen-bond donors (Lipinski definition) is 3. The highest BCUT2D eigenvalue weighted by atomic mass is 16.7. The van der Waals surface area contributed by atoms with Gasteiger partial charge in [-0.25, -0.2) is 14.8 Å². The Morgan fingerprint density at radius 1 is 0.977 bits per heavy atom. The quantitative estimate of drug-likeness (QED) is 0.302. The molecule has 2 aliphatic heterocycles. The van der Waals surface area contributed by atoms with E-state index < -0.39 is 18.3 Å². The molecule has 3 atom stereocenters. The molecule has 2 aromatic carbocycles. The van der Waals surface area contributed by atoms with Crippen LogP contribution in [0.5, 0.6) is 0 Å². The number of benzene rings is 2. The van der Waals surface area contributed by atoms with Crippen molar-refractivity contribution in [1.29, 1.82) is 0 Å². The van der Waals surface area contributed by atoms with Gasteiger partial charge in [0.05, 0.1) is 25.4 Å². The third kappa shape index (κ3) is 8.48. The van der Waals surface area contributed by atoms with E-state index >= 15 is 0 Å². The van der Waals surface area contributed by atoms with Gasteiger partial charge in [-0.05, 0) is 36.2 Å². The van der Waals surface area contributed by atoms with Gasteiger partial charge in [-0.3, -0.25) is 9.69 Å².